The van der Waals surface area contributed by atoms with Gasteiger partial charge in [-0.25, -0.2) is 4.39 Å². The summed E-state index contributed by atoms with van der Waals surface area (Å²) in [5.41, 5.74) is 4.62. The minimum absolute atomic E-state index is 0.250. The molecule has 2 aromatic rings. The first kappa shape index (κ1) is 15.3. The van der Waals surface area contributed by atoms with Gasteiger partial charge in [0.2, 0.25) is 0 Å². The predicted molar refractivity (Wildman–Crippen MR) is 81.4 cm³/mol. The number of hydrazine groups is 1. The summed E-state index contributed by atoms with van der Waals surface area (Å²) in [7, 11) is 0. The molecule has 0 radical (unpaired) electrons. The van der Waals surface area contributed by atoms with Crippen LogP contribution in [0.2, 0.25) is 10.0 Å². The summed E-state index contributed by atoms with van der Waals surface area (Å²) in [5.74, 6) is 5.32. The third-order valence-corrected chi connectivity index (χ3v) is 3.82. The first-order valence-electron chi connectivity index (χ1n) is 6.18. The van der Waals surface area contributed by atoms with Gasteiger partial charge in [0.1, 0.15) is 5.82 Å². The number of hydrogen-bond donors (Lipinski definition) is 2. The second-order valence-electron chi connectivity index (χ2n) is 4.64. The van der Waals surface area contributed by atoms with E-state index in [-0.39, 0.29) is 11.9 Å². The van der Waals surface area contributed by atoms with Crippen molar-refractivity contribution in [1.29, 1.82) is 0 Å². The lowest BCUT2D eigenvalue weighted by Gasteiger charge is -2.18. The maximum absolute atomic E-state index is 14.2. The van der Waals surface area contributed by atoms with Crippen molar-refractivity contribution < 1.29 is 4.39 Å². The smallest absolute Gasteiger partial charge is 0.130 e. The van der Waals surface area contributed by atoms with E-state index in [4.69, 9.17) is 29.0 Å². The van der Waals surface area contributed by atoms with Crippen molar-refractivity contribution >= 4 is 23.2 Å². The van der Waals surface area contributed by atoms with E-state index in [1.54, 1.807) is 31.2 Å². The van der Waals surface area contributed by atoms with E-state index in [1.165, 1.54) is 0 Å². The molecular formula is C15H15Cl2FN2. The Hall–Kier alpha value is -1.13. The lowest BCUT2D eigenvalue weighted by molar-refractivity contribution is 0.507. The van der Waals surface area contributed by atoms with E-state index in [0.717, 1.165) is 5.56 Å². The minimum Gasteiger partial charge on any atom is -0.271 e. The van der Waals surface area contributed by atoms with Crippen molar-refractivity contribution in [3.63, 3.8) is 0 Å². The maximum Gasteiger partial charge on any atom is 0.130 e. The number of aryl methyl sites for hydroxylation is 1. The van der Waals surface area contributed by atoms with E-state index in [0.29, 0.717) is 27.6 Å². The molecular weight excluding hydrogens is 298 g/mol. The van der Waals surface area contributed by atoms with Crippen LogP contribution in [0, 0.1) is 12.7 Å². The van der Waals surface area contributed by atoms with Crippen molar-refractivity contribution in [3.05, 3.63) is 69.0 Å². The van der Waals surface area contributed by atoms with Crippen LogP contribution in [0.1, 0.15) is 22.7 Å². The van der Waals surface area contributed by atoms with Gasteiger partial charge in [-0.15, -0.1) is 0 Å². The molecule has 0 fully saturated rings. The van der Waals surface area contributed by atoms with Crippen LogP contribution in [-0.2, 0) is 6.42 Å². The van der Waals surface area contributed by atoms with Gasteiger partial charge in [0.05, 0.1) is 6.04 Å². The molecule has 2 nitrogen and oxygen atoms in total. The summed E-state index contributed by atoms with van der Waals surface area (Å²) in [6, 6.07) is 10.1. The van der Waals surface area contributed by atoms with Crippen LogP contribution in [0.5, 0.6) is 0 Å². The highest BCUT2D eigenvalue weighted by Crippen LogP contribution is 2.27. The molecule has 0 amide bonds. The highest BCUT2D eigenvalue weighted by molar-refractivity contribution is 6.35. The van der Waals surface area contributed by atoms with Gasteiger partial charge in [0.25, 0.3) is 0 Å². The molecule has 0 aliphatic carbocycles. The standard InChI is InChI=1S/C15H15Cl2FN2/c1-9-3-2-4-12(15(9)18)14(20-19)7-10-5-6-11(16)8-13(10)17/h2-6,8,14,20H,7,19H2,1H3. The summed E-state index contributed by atoms with van der Waals surface area (Å²) >= 11 is 12.0. The van der Waals surface area contributed by atoms with Gasteiger partial charge in [-0.05, 0) is 36.6 Å². The quantitative estimate of drug-likeness (QED) is 0.656. The number of hydrogen-bond acceptors (Lipinski definition) is 2. The summed E-state index contributed by atoms with van der Waals surface area (Å²) in [4.78, 5) is 0. The fourth-order valence-electron chi connectivity index (χ4n) is 2.11. The zero-order valence-corrected chi connectivity index (χ0v) is 12.5. The Kier molecular flexibility index (Phi) is 5.00. The predicted octanol–water partition coefficient (Wildman–Crippen LogP) is 4.19. The van der Waals surface area contributed by atoms with E-state index in [1.807, 2.05) is 12.1 Å². The lowest BCUT2D eigenvalue weighted by atomic mass is 9.97. The van der Waals surface area contributed by atoms with E-state index >= 15 is 0 Å². The number of nitrogens with one attached hydrogen (secondary N) is 1. The zero-order valence-electron chi connectivity index (χ0n) is 11.0. The first-order chi connectivity index (χ1) is 9.52. The van der Waals surface area contributed by atoms with Gasteiger partial charge in [0, 0.05) is 15.6 Å². The van der Waals surface area contributed by atoms with Crippen LogP contribution in [0.3, 0.4) is 0 Å². The Morgan fingerprint density at radius 2 is 2.00 bits per heavy atom. The SMILES string of the molecule is Cc1cccc(C(Cc2ccc(Cl)cc2Cl)NN)c1F. The van der Waals surface area contributed by atoms with E-state index in [9.17, 15) is 4.39 Å². The second kappa shape index (κ2) is 6.55. The van der Waals surface area contributed by atoms with Gasteiger partial charge in [-0.2, -0.15) is 0 Å². The van der Waals surface area contributed by atoms with Crippen LogP contribution in [0.15, 0.2) is 36.4 Å². The molecule has 0 saturated heterocycles. The number of rotatable bonds is 4. The molecule has 1 unspecified atom stereocenters. The Morgan fingerprint density at radius 1 is 1.25 bits per heavy atom. The van der Waals surface area contributed by atoms with Gasteiger partial charge < -0.3 is 0 Å². The number of nitrogens with two attached hydrogens (primary N) is 1. The molecule has 0 aliphatic heterocycles. The maximum atomic E-state index is 14.2. The van der Waals surface area contributed by atoms with Crippen LogP contribution in [0.4, 0.5) is 4.39 Å². The Morgan fingerprint density at radius 3 is 2.65 bits per heavy atom. The highest BCUT2D eigenvalue weighted by Gasteiger charge is 2.17. The fourth-order valence-corrected chi connectivity index (χ4v) is 2.59. The Bertz CT molecular complexity index is 617. The second-order valence-corrected chi connectivity index (χ2v) is 5.48. The topological polar surface area (TPSA) is 38.0 Å². The van der Waals surface area contributed by atoms with Crippen molar-refractivity contribution in [1.82, 2.24) is 5.43 Å². The first-order valence-corrected chi connectivity index (χ1v) is 6.93. The molecule has 0 saturated carbocycles. The molecule has 1 atom stereocenters. The molecule has 2 rings (SSSR count). The van der Waals surface area contributed by atoms with Crippen molar-refractivity contribution in [2.24, 2.45) is 5.84 Å². The third kappa shape index (κ3) is 3.30. The van der Waals surface area contributed by atoms with Crippen molar-refractivity contribution in [2.75, 3.05) is 0 Å². The van der Waals surface area contributed by atoms with Crippen LogP contribution >= 0.6 is 23.2 Å². The van der Waals surface area contributed by atoms with Crippen molar-refractivity contribution in [2.45, 2.75) is 19.4 Å². The van der Waals surface area contributed by atoms with Crippen molar-refractivity contribution in [3.8, 4) is 0 Å². The Labute approximate surface area is 127 Å². The third-order valence-electron chi connectivity index (χ3n) is 3.24. The monoisotopic (exact) mass is 312 g/mol. The summed E-state index contributed by atoms with van der Waals surface area (Å²) < 4.78 is 14.2. The molecule has 106 valence electrons. The molecule has 0 aromatic heterocycles. The van der Waals surface area contributed by atoms with Gasteiger partial charge >= 0.3 is 0 Å². The summed E-state index contributed by atoms with van der Waals surface area (Å²) in [5, 5.41) is 1.11. The zero-order chi connectivity index (χ0) is 14.7. The molecule has 0 spiro atoms. The molecule has 0 bridgehead atoms. The molecule has 0 aliphatic rings. The van der Waals surface area contributed by atoms with Gasteiger partial charge in [-0.3, -0.25) is 11.3 Å². The lowest BCUT2D eigenvalue weighted by Crippen LogP contribution is -2.30. The minimum atomic E-state index is -0.353. The van der Waals surface area contributed by atoms with Crippen LogP contribution in [-0.4, -0.2) is 0 Å². The number of halogens is 3. The largest absolute Gasteiger partial charge is 0.271 e. The summed E-state index contributed by atoms with van der Waals surface area (Å²) in [6.45, 7) is 1.72. The number of benzene rings is 2. The molecule has 5 heteroatoms. The molecule has 0 heterocycles. The van der Waals surface area contributed by atoms with Gasteiger partial charge in [-0.1, -0.05) is 47.5 Å². The fraction of sp³-hybridized carbons (Fsp3) is 0.200. The van der Waals surface area contributed by atoms with E-state index < -0.39 is 0 Å². The molecule has 20 heavy (non-hydrogen) atoms. The summed E-state index contributed by atoms with van der Waals surface area (Å²) in [6.07, 6.45) is 0.479. The average Bonchev–Trinajstić information content (AvgIpc) is 2.42. The van der Waals surface area contributed by atoms with Gasteiger partial charge in [0.15, 0.2) is 0 Å². The normalized spacial score (nSPS) is 12.4. The van der Waals surface area contributed by atoms with Crippen LogP contribution in [0.25, 0.3) is 0 Å². The molecule has 2 aromatic carbocycles. The highest BCUT2D eigenvalue weighted by atomic mass is 35.5. The van der Waals surface area contributed by atoms with E-state index in [2.05, 4.69) is 5.43 Å². The Balaban J connectivity index is 2.31. The average molecular weight is 313 g/mol. The van der Waals surface area contributed by atoms with Crippen LogP contribution < -0.4 is 11.3 Å². The molecule has 3 N–H and O–H groups in total.